The zero-order valence-corrected chi connectivity index (χ0v) is 15.4. The lowest BCUT2D eigenvalue weighted by atomic mass is 9.87. The van der Waals surface area contributed by atoms with Crippen molar-refractivity contribution in [2.45, 2.75) is 18.6 Å². The minimum absolute atomic E-state index is 0.221. The number of rotatable bonds is 4. The normalized spacial score (nSPS) is 19.9. The van der Waals surface area contributed by atoms with Crippen molar-refractivity contribution in [3.8, 4) is 0 Å². The summed E-state index contributed by atoms with van der Waals surface area (Å²) in [6, 6.07) is 12.3. The first-order chi connectivity index (χ1) is 13.6. The fourth-order valence-electron chi connectivity index (χ4n) is 3.64. The van der Waals surface area contributed by atoms with E-state index in [1.165, 1.54) is 6.07 Å². The molecule has 0 aromatic heterocycles. The quantitative estimate of drug-likeness (QED) is 0.463. The summed E-state index contributed by atoms with van der Waals surface area (Å²) in [7, 11) is 0. The molecule has 4 N–H and O–H groups in total. The number of likely N-dealkylation sites (tertiary alicyclic amines) is 1. The monoisotopic (exact) mass is 408 g/mol. The van der Waals surface area contributed by atoms with Crippen molar-refractivity contribution in [3.05, 3.63) is 71.0 Å². The summed E-state index contributed by atoms with van der Waals surface area (Å²) in [6.07, 6.45) is -4.83. The van der Waals surface area contributed by atoms with Crippen LogP contribution in [0, 0.1) is 11.7 Å². The molecule has 3 rings (SSSR count). The lowest BCUT2D eigenvalue weighted by molar-refractivity contribution is -0.140. The zero-order valence-electron chi connectivity index (χ0n) is 15.4. The largest absolute Gasteiger partial charge is 0.419 e. The van der Waals surface area contributed by atoms with Gasteiger partial charge in [-0.2, -0.15) is 18.2 Å². The fourth-order valence-corrected chi connectivity index (χ4v) is 3.64. The van der Waals surface area contributed by atoms with Crippen LogP contribution in [-0.2, 0) is 17.5 Å². The number of nitrogens with zero attached hydrogens (tertiary/aromatic N) is 2. The average molecular weight is 408 g/mol. The number of halogens is 4. The maximum absolute atomic E-state index is 13.7. The molecule has 0 saturated carbocycles. The van der Waals surface area contributed by atoms with Crippen LogP contribution in [0.3, 0.4) is 0 Å². The number of carbonyl (C=O) groups is 1. The van der Waals surface area contributed by atoms with Gasteiger partial charge < -0.3 is 11.5 Å². The Morgan fingerprint density at radius 1 is 1.10 bits per heavy atom. The van der Waals surface area contributed by atoms with Crippen LogP contribution in [0.5, 0.6) is 0 Å². The molecule has 9 heteroatoms. The molecule has 1 amide bonds. The van der Waals surface area contributed by atoms with Gasteiger partial charge in [0.15, 0.2) is 5.96 Å². The molecule has 0 unspecified atom stereocenters. The van der Waals surface area contributed by atoms with Crippen LogP contribution >= 0.6 is 0 Å². The molecule has 1 aliphatic heterocycles. The van der Waals surface area contributed by atoms with Crippen LogP contribution in [0.15, 0.2) is 53.5 Å². The molecule has 1 fully saturated rings. The summed E-state index contributed by atoms with van der Waals surface area (Å²) in [4.78, 5) is 18.0. The lowest BCUT2D eigenvalue weighted by Gasteiger charge is -2.18. The average Bonchev–Trinajstić information content (AvgIpc) is 3.05. The van der Waals surface area contributed by atoms with Crippen LogP contribution in [-0.4, -0.2) is 29.9 Å². The first-order valence-electron chi connectivity index (χ1n) is 8.91. The van der Waals surface area contributed by atoms with Crippen molar-refractivity contribution in [3.63, 3.8) is 0 Å². The SMILES string of the molecule is NC(N)=NC(=O)[C@H]1CN(Cc2ccccc2)C[C@@H]1c1ccc(F)c(C(F)(F)F)c1. The Morgan fingerprint density at radius 2 is 1.79 bits per heavy atom. The van der Waals surface area contributed by atoms with Gasteiger partial charge in [-0.25, -0.2) is 4.39 Å². The standard InChI is InChI=1S/C20H20F4N4O/c21-17-7-6-13(8-16(17)20(22,23)24)14-10-28(9-12-4-2-1-3-5-12)11-15(14)18(29)27-19(25)26/h1-8,14-15H,9-11H2,(H4,25,26,27,29)/t14-,15+/m1/s1. The molecule has 0 radical (unpaired) electrons. The Labute approximate surface area is 165 Å². The van der Waals surface area contributed by atoms with Crippen LogP contribution in [0.1, 0.15) is 22.6 Å². The molecule has 0 aliphatic carbocycles. The fraction of sp³-hybridized carbons (Fsp3) is 0.300. The third-order valence-electron chi connectivity index (χ3n) is 4.92. The molecule has 29 heavy (non-hydrogen) atoms. The Balaban J connectivity index is 1.93. The van der Waals surface area contributed by atoms with E-state index in [0.29, 0.717) is 13.1 Å². The number of benzene rings is 2. The number of amides is 1. The van der Waals surface area contributed by atoms with Gasteiger partial charge in [-0.1, -0.05) is 36.4 Å². The van der Waals surface area contributed by atoms with Crippen molar-refractivity contribution in [1.29, 1.82) is 0 Å². The maximum atomic E-state index is 13.7. The number of alkyl halides is 3. The molecular formula is C20H20F4N4O. The highest BCUT2D eigenvalue weighted by Gasteiger charge is 2.40. The Bertz CT molecular complexity index is 910. The van der Waals surface area contributed by atoms with Gasteiger partial charge in [0, 0.05) is 25.6 Å². The van der Waals surface area contributed by atoms with E-state index < -0.39 is 41.3 Å². The van der Waals surface area contributed by atoms with E-state index in [-0.39, 0.29) is 12.1 Å². The molecule has 154 valence electrons. The van der Waals surface area contributed by atoms with Gasteiger partial charge in [-0.15, -0.1) is 0 Å². The molecule has 1 aliphatic rings. The number of hydrogen-bond acceptors (Lipinski definition) is 2. The second-order valence-electron chi connectivity index (χ2n) is 7.00. The third kappa shape index (κ3) is 4.92. The predicted octanol–water partition coefficient (Wildman–Crippen LogP) is 2.86. The number of carbonyl (C=O) groups excluding carboxylic acids is 1. The van der Waals surface area contributed by atoms with E-state index in [0.717, 1.165) is 17.7 Å². The van der Waals surface area contributed by atoms with Crippen molar-refractivity contribution in [1.82, 2.24) is 4.90 Å². The maximum Gasteiger partial charge on any atom is 0.419 e. The van der Waals surface area contributed by atoms with Crippen molar-refractivity contribution >= 4 is 11.9 Å². The van der Waals surface area contributed by atoms with Crippen LogP contribution in [0.2, 0.25) is 0 Å². The molecule has 0 spiro atoms. The van der Waals surface area contributed by atoms with Crippen molar-refractivity contribution < 1.29 is 22.4 Å². The van der Waals surface area contributed by atoms with Gasteiger partial charge in [0.2, 0.25) is 0 Å². The molecule has 5 nitrogen and oxygen atoms in total. The highest BCUT2D eigenvalue weighted by atomic mass is 19.4. The van der Waals surface area contributed by atoms with Gasteiger partial charge in [-0.3, -0.25) is 9.69 Å². The van der Waals surface area contributed by atoms with Crippen molar-refractivity contribution in [2.75, 3.05) is 13.1 Å². The Hall–Kier alpha value is -2.94. The highest BCUT2D eigenvalue weighted by Crippen LogP contribution is 2.38. The molecule has 2 atom stereocenters. The third-order valence-corrected chi connectivity index (χ3v) is 4.92. The summed E-state index contributed by atoms with van der Waals surface area (Å²) in [5.74, 6) is -3.72. The molecule has 1 saturated heterocycles. The van der Waals surface area contributed by atoms with Gasteiger partial charge >= 0.3 is 6.18 Å². The van der Waals surface area contributed by atoms with Crippen molar-refractivity contribution in [2.24, 2.45) is 22.4 Å². The zero-order chi connectivity index (χ0) is 21.2. The first-order valence-corrected chi connectivity index (χ1v) is 8.91. The van der Waals surface area contributed by atoms with Gasteiger partial charge in [0.05, 0.1) is 11.5 Å². The number of nitrogens with two attached hydrogens (primary N) is 2. The van der Waals surface area contributed by atoms with Crippen LogP contribution < -0.4 is 11.5 Å². The topological polar surface area (TPSA) is 84.7 Å². The second-order valence-corrected chi connectivity index (χ2v) is 7.00. The number of hydrogen-bond donors (Lipinski definition) is 2. The summed E-state index contributed by atoms with van der Waals surface area (Å²) in [6.45, 7) is 1.10. The lowest BCUT2D eigenvalue weighted by Crippen LogP contribution is -2.28. The van der Waals surface area contributed by atoms with Gasteiger partial charge in [0.25, 0.3) is 5.91 Å². The second kappa shape index (κ2) is 8.20. The van der Waals surface area contributed by atoms with Gasteiger partial charge in [-0.05, 0) is 23.3 Å². The smallest absolute Gasteiger partial charge is 0.370 e. The minimum atomic E-state index is -4.83. The first kappa shape index (κ1) is 20.8. The van der Waals surface area contributed by atoms with E-state index in [9.17, 15) is 22.4 Å². The van der Waals surface area contributed by atoms with E-state index >= 15 is 0 Å². The van der Waals surface area contributed by atoms with E-state index in [1.807, 2.05) is 35.2 Å². The summed E-state index contributed by atoms with van der Waals surface area (Å²) >= 11 is 0. The Kier molecular flexibility index (Phi) is 5.88. The molecule has 1 heterocycles. The van der Waals surface area contributed by atoms with Gasteiger partial charge in [0.1, 0.15) is 5.82 Å². The van der Waals surface area contributed by atoms with Crippen LogP contribution in [0.25, 0.3) is 0 Å². The predicted molar refractivity (Wildman–Crippen MR) is 100 cm³/mol. The molecule has 2 aromatic carbocycles. The number of guanidine groups is 1. The van der Waals surface area contributed by atoms with E-state index in [1.54, 1.807) is 0 Å². The Morgan fingerprint density at radius 3 is 2.41 bits per heavy atom. The molecular weight excluding hydrogens is 388 g/mol. The van der Waals surface area contributed by atoms with E-state index in [2.05, 4.69) is 4.99 Å². The summed E-state index contributed by atoms with van der Waals surface area (Å²) in [5.41, 5.74) is 10.5. The molecule has 0 bridgehead atoms. The minimum Gasteiger partial charge on any atom is -0.370 e. The van der Waals surface area contributed by atoms with Crippen LogP contribution in [0.4, 0.5) is 17.6 Å². The molecule has 2 aromatic rings. The number of aliphatic imine (C=N–C) groups is 1. The highest BCUT2D eigenvalue weighted by molar-refractivity contribution is 5.93. The summed E-state index contributed by atoms with van der Waals surface area (Å²) in [5, 5.41) is 0. The van der Waals surface area contributed by atoms with E-state index in [4.69, 9.17) is 11.5 Å². The summed E-state index contributed by atoms with van der Waals surface area (Å²) < 4.78 is 53.1.